The number of carboxylic acid groups (broad SMARTS) is 1. The van der Waals surface area contributed by atoms with Crippen LogP contribution in [-0.4, -0.2) is 78.0 Å². The van der Waals surface area contributed by atoms with E-state index in [0.29, 0.717) is 79.9 Å². The Morgan fingerprint density at radius 2 is 1.89 bits per heavy atom. The van der Waals surface area contributed by atoms with Gasteiger partial charge in [-0.05, 0) is 37.0 Å². The van der Waals surface area contributed by atoms with E-state index in [1.54, 1.807) is 17.0 Å². The van der Waals surface area contributed by atoms with Gasteiger partial charge in [0.25, 0.3) is 5.91 Å². The van der Waals surface area contributed by atoms with Crippen LogP contribution in [-0.2, 0) is 27.2 Å². The Hall–Kier alpha value is -3.84. The summed E-state index contributed by atoms with van der Waals surface area (Å²) in [5.74, 6) is -0.514. The van der Waals surface area contributed by atoms with Crippen LogP contribution in [0.3, 0.4) is 0 Å². The smallest absolute Gasteiger partial charge is 0.409 e. The number of hydrogen-bond donors (Lipinski definition) is 4. The molecule has 198 valence electrons. The zero-order valence-electron chi connectivity index (χ0n) is 20.5. The molecular weight excluding hydrogens is 500 g/mol. The van der Waals surface area contributed by atoms with Crippen LogP contribution in [0, 0.1) is 0 Å². The minimum Gasteiger partial charge on any atom is -0.465 e. The van der Waals surface area contributed by atoms with Crippen molar-refractivity contribution in [3.05, 3.63) is 40.4 Å². The van der Waals surface area contributed by atoms with Crippen molar-refractivity contribution >= 4 is 52.3 Å². The van der Waals surface area contributed by atoms with E-state index in [-0.39, 0.29) is 17.7 Å². The van der Waals surface area contributed by atoms with Gasteiger partial charge >= 0.3 is 6.09 Å². The zero-order chi connectivity index (χ0) is 26.6. The van der Waals surface area contributed by atoms with Crippen LogP contribution in [0.2, 0.25) is 0 Å². The molecule has 0 radical (unpaired) electrons. The number of benzene rings is 1. The topological polar surface area (TPSA) is 162 Å². The molecule has 0 atom stereocenters. The van der Waals surface area contributed by atoms with Gasteiger partial charge in [0.05, 0.1) is 30.9 Å². The van der Waals surface area contributed by atoms with E-state index in [0.717, 1.165) is 23.2 Å². The number of hydrogen-bond acceptors (Lipinski definition) is 8. The van der Waals surface area contributed by atoms with Crippen molar-refractivity contribution in [2.24, 2.45) is 4.99 Å². The summed E-state index contributed by atoms with van der Waals surface area (Å²) in [6.07, 6.45) is 1.83. The van der Waals surface area contributed by atoms with Gasteiger partial charge < -0.3 is 25.4 Å². The van der Waals surface area contributed by atoms with Crippen molar-refractivity contribution in [1.29, 1.82) is 0 Å². The second kappa shape index (κ2) is 14.0. The van der Waals surface area contributed by atoms with Crippen molar-refractivity contribution < 1.29 is 29.0 Å². The molecule has 12 nitrogen and oxygen atoms in total. The first-order valence-electron chi connectivity index (χ1n) is 11.8. The standard InChI is InChI=1S/C24H30N6O6S/c1-16(31)28-23-29-19(9-6-17-4-7-18(8-5-17)26-15-27-24(34)35)21(37-23)22(33)25-10-2-3-20(32)30-11-13-36-14-12-30/h4-5,7-8,15H,2-3,6,9-14H2,1H3,(H,25,33)(H,26,27)(H,34,35)(H,28,29,31). The van der Waals surface area contributed by atoms with E-state index in [4.69, 9.17) is 9.84 Å². The highest BCUT2D eigenvalue weighted by Crippen LogP contribution is 2.25. The lowest BCUT2D eigenvalue weighted by Crippen LogP contribution is -2.40. The molecule has 1 aliphatic rings. The molecule has 2 aromatic rings. The number of thiazole rings is 1. The maximum Gasteiger partial charge on any atom is 0.409 e. The number of morpholine rings is 1. The van der Waals surface area contributed by atoms with E-state index >= 15 is 0 Å². The van der Waals surface area contributed by atoms with E-state index in [9.17, 15) is 19.2 Å². The van der Waals surface area contributed by atoms with Gasteiger partial charge in [0.15, 0.2) is 5.13 Å². The SMILES string of the molecule is CC(=O)Nc1nc(CCc2ccc(N=CNC(=O)O)cc2)c(C(=O)NCCCC(=O)N2CCOCC2)s1. The molecule has 1 fully saturated rings. The number of rotatable bonds is 11. The van der Waals surface area contributed by atoms with Crippen LogP contribution in [0.1, 0.15) is 40.7 Å². The molecule has 13 heteroatoms. The third-order valence-corrected chi connectivity index (χ3v) is 6.40. The summed E-state index contributed by atoms with van der Waals surface area (Å²) in [4.78, 5) is 57.8. The molecule has 0 saturated carbocycles. The first kappa shape index (κ1) is 27.7. The number of carbonyl (C=O) groups is 4. The lowest BCUT2D eigenvalue weighted by molar-refractivity contribution is -0.135. The summed E-state index contributed by atoms with van der Waals surface area (Å²) in [6, 6.07) is 7.23. The molecule has 37 heavy (non-hydrogen) atoms. The number of aliphatic imine (C=N–C) groups is 1. The van der Waals surface area contributed by atoms with Gasteiger partial charge in [-0.2, -0.15) is 0 Å². The minimum absolute atomic E-state index is 0.0545. The molecule has 0 unspecified atom stereocenters. The number of ether oxygens (including phenoxy) is 1. The maximum absolute atomic E-state index is 12.9. The first-order chi connectivity index (χ1) is 17.8. The number of aryl methyl sites for hydroxylation is 2. The molecule has 0 aliphatic carbocycles. The number of nitrogens with one attached hydrogen (secondary N) is 3. The van der Waals surface area contributed by atoms with E-state index in [2.05, 4.69) is 25.9 Å². The Labute approximate surface area is 218 Å². The molecule has 1 aromatic heterocycles. The van der Waals surface area contributed by atoms with Crippen LogP contribution in [0.25, 0.3) is 0 Å². The second-order valence-electron chi connectivity index (χ2n) is 8.20. The van der Waals surface area contributed by atoms with E-state index < -0.39 is 6.09 Å². The lowest BCUT2D eigenvalue weighted by atomic mass is 10.1. The van der Waals surface area contributed by atoms with Crippen LogP contribution in [0.15, 0.2) is 29.3 Å². The summed E-state index contributed by atoms with van der Waals surface area (Å²) in [5.41, 5.74) is 2.14. The maximum atomic E-state index is 12.9. The molecule has 1 saturated heterocycles. The fourth-order valence-corrected chi connectivity index (χ4v) is 4.54. The lowest BCUT2D eigenvalue weighted by Gasteiger charge is -2.26. The van der Waals surface area contributed by atoms with Crippen LogP contribution >= 0.6 is 11.3 Å². The minimum atomic E-state index is -1.19. The van der Waals surface area contributed by atoms with Crippen LogP contribution in [0.5, 0.6) is 0 Å². The van der Waals surface area contributed by atoms with E-state index in [1.165, 1.54) is 6.92 Å². The molecule has 0 spiro atoms. The summed E-state index contributed by atoms with van der Waals surface area (Å²) in [5, 5.41) is 16.5. The van der Waals surface area contributed by atoms with Crippen molar-refractivity contribution in [2.45, 2.75) is 32.6 Å². The predicted octanol–water partition coefficient (Wildman–Crippen LogP) is 2.18. The van der Waals surface area contributed by atoms with Gasteiger partial charge in [-0.15, -0.1) is 0 Å². The van der Waals surface area contributed by atoms with Gasteiger partial charge in [-0.3, -0.25) is 19.7 Å². The highest BCUT2D eigenvalue weighted by atomic mass is 32.1. The van der Waals surface area contributed by atoms with Crippen LogP contribution < -0.4 is 16.0 Å². The van der Waals surface area contributed by atoms with Crippen molar-refractivity contribution in [3.8, 4) is 0 Å². The quantitative estimate of drug-likeness (QED) is 0.197. The Bertz CT molecular complexity index is 1130. The van der Waals surface area contributed by atoms with Crippen molar-refractivity contribution in [2.75, 3.05) is 38.2 Å². The number of amides is 4. The van der Waals surface area contributed by atoms with Crippen LogP contribution in [0.4, 0.5) is 15.6 Å². The average Bonchev–Trinajstić information content (AvgIpc) is 3.28. The zero-order valence-corrected chi connectivity index (χ0v) is 21.3. The van der Waals surface area contributed by atoms with Gasteiger partial charge in [-0.1, -0.05) is 23.5 Å². The van der Waals surface area contributed by atoms with Gasteiger partial charge in [0.2, 0.25) is 11.8 Å². The number of carbonyl (C=O) groups excluding carboxylic acids is 3. The fraction of sp³-hybridized carbons (Fsp3) is 0.417. The van der Waals surface area contributed by atoms with Gasteiger partial charge in [0, 0.05) is 33.0 Å². The molecule has 3 rings (SSSR count). The van der Waals surface area contributed by atoms with Crippen molar-refractivity contribution in [3.63, 3.8) is 0 Å². The second-order valence-corrected chi connectivity index (χ2v) is 9.20. The van der Waals surface area contributed by atoms with Crippen molar-refractivity contribution in [1.82, 2.24) is 20.5 Å². The summed E-state index contributed by atoms with van der Waals surface area (Å²) in [7, 11) is 0. The summed E-state index contributed by atoms with van der Waals surface area (Å²) >= 11 is 1.11. The summed E-state index contributed by atoms with van der Waals surface area (Å²) in [6.45, 7) is 4.02. The first-order valence-corrected chi connectivity index (χ1v) is 12.7. The third-order valence-electron chi connectivity index (χ3n) is 5.39. The monoisotopic (exact) mass is 530 g/mol. The van der Waals surface area contributed by atoms with E-state index in [1.807, 2.05) is 12.1 Å². The Kier molecular flexibility index (Phi) is 10.5. The average molecular weight is 531 g/mol. The Morgan fingerprint density at radius 3 is 2.57 bits per heavy atom. The Morgan fingerprint density at radius 1 is 1.16 bits per heavy atom. The number of anilines is 1. The molecule has 0 bridgehead atoms. The predicted molar refractivity (Wildman–Crippen MR) is 139 cm³/mol. The molecule has 1 aliphatic heterocycles. The molecule has 1 aromatic carbocycles. The molecular formula is C24H30N6O6S. The highest BCUT2D eigenvalue weighted by molar-refractivity contribution is 7.17. The number of aromatic nitrogens is 1. The normalized spacial score (nSPS) is 13.4. The number of nitrogens with zero attached hydrogens (tertiary/aromatic N) is 3. The van der Waals surface area contributed by atoms with Gasteiger partial charge in [0.1, 0.15) is 4.88 Å². The highest BCUT2D eigenvalue weighted by Gasteiger charge is 2.20. The molecule has 4 amide bonds. The Balaban J connectivity index is 1.55. The molecule has 2 heterocycles. The molecule has 4 N–H and O–H groups in total. The summed E-state index contributed by atoms with van der Waals surface area (Å²) < 4.78 is 5.26. The fourth-order valence-electron chi connectivity index (χ4n) is 3.57. The van der Waals surface area contributed by atoms with Gasteiger partial charge in [-0.25, -0.2) is 14.8 Å². The third kappa shape index (κ3) is 9.28. The largest absolute Gasteiger partial charge is 0.465 e.